The molecule has 1 aliphatic carbocycles. The number of hydrogen-bond donors (Lipinski definition) is 0. The number of rotatable bonds is 5. The first-order valence-electron chi connectivity index (χ1n) is 6.78. The molecule has 1 aliphatic heterocycles. The number of nitrogens with zero attached hydrogens (tertiary/aromatic N) is 2. The molecule has 16 heavy (non-hydrogen) atoms. The first-order chi connectivity index (χ1) is 7.83. The Hall–Kier alpha value is -0.120. The van der Waals surface area contributed by atoms with Crippen molar-refractivity contribution in [2.75, 3.05) is 46.4 Å². The zero-order valence-electron chi connectivity index (χ0n) is 10.8. The Morgan fingerprint density at radius 2 is 1.81 bits per heavy atom. The third kappa shape index (κ3) is 2.96. The maximum absolute atomic E-state index is 5.12. The van der Waals surface area contributed by atoms with E-state index in [1.807, 2.05) is 0 Å². The summed E-state index contributed by atoms with van der Waals surface area (Å²) in [6.07, 6.45) is 4.29. The van der Waals surface area contributed by atoms with Gasteiger partial charge < -0.3 is 4.74 Å². The Kier molecular flexibility index (Phi) is 4.62. The van der Waals surface area contributed by atoms with E-state index in [0.29, 0.717) is 0 Å². The van der Waals surface area contributed by atoms with E-state index >= 15 is 0 Å². The van der Waals surface area contributed by atoms with Gasteiger partial charge >= 0.3 is 0 Å². The lowest BCUT2D eigenvalue weighted by Gasteiger charge is -2.46. The van der Waals surface area contributed by atoms with Crippen molar-refractivity contribution in [3.8, 4) is 0 Å². The van der Waals surface area contributed by atoms with Crippen molar-refractivity contribution in [3.63, 3.8) is 0 Å². The molecule has 0 amide bonds. The zero-order chi connectivity index (χ0) is 11.4. The summed E-state index contributed by atoms with van der Waals surface area (Å²) in [6.45, 7) is 9.31. The lowest BCUT2D eigenvalue weighted by atomic mass is 9.77. The highest BCUT2D eigenvalue weighted by atomic mass is 16.5. The molecule has 94 valence electrons. The molecule has 0 aromatic carbocycles. The summed E-state index contributed by atoms with van der Waals surface area (Å²) < 4.78 is 5.12. The fourth-order valence-corrected chi connectivity index (χ4v) is 2.90. The van der Waals surface area contributed by atoms with Crippen LogP contribution < -0.4 is 0 Å². The van der Waals surface area contributed by atoms with Crippen molar-refractivity contribution in [1.82, 2.24) is 9.80 Å². The topological polar surface area (TPSA) is 15.7 Å². The molecule has 1 saturated heterocycles. The summed E-state index contributed by atoms with van der Waals surface area (Å²) in [4.78, 5) is 5.23. The maximum Gasteiger partial charge on any atom is 0.0589 e. The fourth-order valence-electron chi connectivity index (χ4n) is 2.90. The van der Waals surface area contributed by atoms with Crippen LogP contribution in [0.2, 0.25) is 0 Å². The molecule has 0 aromatic heterocycles. The molecular weight excluding hydrogens is 200 g/mol. The molecule has 0 spiro atoms. The number of hydrogen-bond acceptors (Lipinski definition) is 3. The minimum Gasteiger partial charge on any atom is -0.383 e. The Bertz CT molecular complexity index is 196. The predicted molar refractivity (Wildman–Crippen MR) is 66.7 cm³/mol. The van der Waals surface area contributed by atoms with Gasteiger partial charge in [0.25, 0.3) is 0 Å². The van der Waals surface area contributed by atoms with Crippen LogP contribution in [0.3, 0.4) is 0 Å². The van der Waals surface area contributed by atoms with E-state index in [0.717, 1.165) is 25.1 Å². The van der Waals surface area contributed by atoms with Crippen LogP contribution in [-0.2, 0) is 4.74 Å². The molecule has 2 aliphatic rings. The fraction of sp³-hybridized carbons (Fsp3) is 1.00. The summed E-state index contributed by atoms with van der Waals surface area (Å²) in [5.41, 5.74) is 0. The molecule has 0 aromatic rings. The van der Waals surface area contributed by atoms with E-state index in [4.69, 9.17) is 4.74 Å². The van der Waals surface area contributed by atoms with Crippen molar-refractivity contribution in [2.45, 2.75) is 32.2 Å². The van der Waals surface area contributed by atoms with Gasteiger partial charge in [0.05, 0.1) is 6.61 Å². The Balaban J connectivity index is 1.62. The molecule has 1 heterocycles. The molecule has 2 rings (SSSR count). The Morgan fingerprint density at radius 3 is 2.38 bits per heavy atom. The van der Waals surface area contributed by atoms with Gasteiger partial charge in [0.2, 0.25) is 0 Å². The second-order valence-corrected chi connectivity index (χ2v) is 5.27. The smallest absolute Gasteiger partial charge is 0.0589 e. The van der Waals surface area contributed by atoms with Crippen molar-refractivity contribution in [2.24, 2.45) is 5.92 Å². The first kappa shape index (κ1) is 12.3. The second-order valence-electron chi connectivity index (χ2n) is 5.27. The highest BCUT2D eigenvalue weighted by Gasteiger charge is 2.33. The highest BCUT2D eigenvalue weighted by Crippen LogP contribution is 2.34. The zero-order valence-corrected chi connectivity index (χ0v) is 10.8. The normalized spacial score (nSPS) is 32.6. The molecule has 0 unspecified atom stereocenters. The van der Waals surface area contributed by atoms with Crippen LogP contribution in [0.5, 0.6) is 0 Å². The summed E-state index contributed by atoms with van der Waals surface area (Å²) in [5, 5.41) is 0. The van der Waals surface area contributed by atoms with Crippen LogP contribution in [0.4, 0.5) is 0 Å². The average Bonchev–Trinajstić information content (AvgIpc) is 2.27. The van der Waals surface area contributed by atoms with Gasteiger partial charge in [0.15, 0.2) is 0 Å². The van der Waals surface area contributed by atoms with E-state index in [2.05, 4.69) is 16.7 Å². The number of methoxy groups -OCH3 is 1. The third-order valence-corrected chi connectivity index (χ3v) is 4.32. The van der Waals surface area contributed by atoms with Crippen LogP contribution in [-0.4, -0.2) is 62.3 Å². The van der Waals surface area contributed by atoms with Gasteiger partial charge in [-0.15, -0.1) is 0 Å². The van der Waals surface area contributed by atoms with Crippen LogP contribution in [0.25, 0.3) is 0 Å². The average molecular weight is 226 g/mol. The van der Waals surface area contributed by atoms with Crippen molar-refractivity contribution < 1.29 is 4.74 Å². The van der Waals surface area contributed by atoms with Crippen LogP contribution >= 0.6 is 0 Å². The minimum atomic E-state index is 0.876. The predicted octanol–water partition coefficient (Wildman–Crippen LogP) is 1.44. The molecule has 0 bridgehead atoms. The maximum atomic E-state index is 5.12. The SMILES string of the molecule is CCC1CC(N2CCN(CCOC)CC2)C1. The van der Waals surface area contributed by atoms with Gasteiger partial charge in [-0.05, 0) is 18.8 Å². The standard InChI is InChI=1S/C13H26N2O/c1-3-12-10-13(11-12)15-6-4-14(5-7-15)8-9-16-2/h12-13H,3-11H2,1-2H3. The lowest BCUT2D eigenvalue weighted by Crippen LogP contribution is -2.54. The summed E-state index contributed by atoms with van der Waals surface area (Å²) in [7, 11) is 1.79. The monoisotopic (exact) mass is 226 g/mol. The summed E-state index contributed by atoms with van der Waals surface area (Å²) >= 11 is 0. The second kappa shape index (κ2) is 5.99. The van der Waals surface area contributed by atoms with Gasteiger partial charge in [0.1, 0.15) is 0 Å². The van der Waals surface area contributed by atoms with Gasteiger partial charge in [0, 0.05) is 45.9 Å². The molecule has 1 saturated carbocycles. The van der Waals surface area contributed by atoms with Crippen LogP contribution in [0.1, 0.15) is 26.2 Å². The molecule has 3 nitrogen and oxygen atoms in total. The number of piperazine rings is 1. The first-order valence-corrected chi connectivity index (χ1v) is 6.78. The number of ether oxygens (including phenoxy) is 1. The van der Waals surface area contributed by atoms with Crippen molar-refractivity contribution >= 4 is 0 Å². The van der Waals surface area contributed by atoms with E-state index in [-0.39, 0.29) is 0 Å². The van der Waals surface area contributed by atoms with Crippen molar-refractivity contribution in [3.05, 3.63) is 0 Å². The van der Waals surface area contributed by atoms with Crippen LogP contribution in [0.15, 0.2) is 0 Å². The molecule has 0 N–H and O–H groups in total. The largest absolute Gasteiger partial charge is 0.383 e. The molecular formula is C13H26N2O. The Morgan fingerprint density at radius 1 is 1.12 bits per heavy atom. The van der Waals surface area contributed by atoms with Gasteiger partial charge in [-0.1, -0.05) is 13.3 Å². The molecule has 0 radical (unpaired) electrons. The lowest BCUT2D eigenvalue weighted by molar-refractivity contribution is 0.0253. The van der Waals surface area contributed by atoms with E-state index < -0.39 is 0 Å². The quantitative estimate of drug-likeness (QED) is 0.705. The summed E-state index contributed by atoms with van der Waals surface area (Å²) in [5.74, 6) is 1.02. The Labute approximate surface area is 99.7 Å². The molecule has 3 heteroatoms. The minimum absolute atomic E-state index is 0.876. The van der Waals surface area contributed by atoms with Gasteiger partial charge in [-0.2, -0.15) is 0 Å². The van der Waals surface area contributed by atoms with Gasteiger partial charge in [-0.3, -0.25) is 9.80 Å². The van der Waals surface area contributed by atoms with Crippen LogP contribution in [0, 0.1) is 5.92 Å². The molecule has 2 fully saturated rings. The van der Waals surface area contributed by atoms with E-state index in [1.54, 1.807) is 7.11 Å². The highest BCUT2D eigenvalue weighted by molar-refractivity contribution is 4.88. The third-order valence-electron chi connectivity index (χ3n) is 4.32. The molecule has 0 atom stereocenters. The van der Waals surface area contributed by atoms with Crippen molar-refractivity contribution in [1.29, 1.82) is 0 Å². The van der Waals surface area contributed by atoms with E-state index in [9.17, 15) is 0 Å². The van der Waals surface area contributed by atoms with Gasteiger partial charge in [-0.25, -0.2) is 0 Å². The summed E-state index contributed by atoms with van der Waals surface area (Å²) in [6, 6.07) is 0.912. The van der Waals surface area contributed by atoms with E-state index in [1.165, 1.54) is 45.4 Å².